The smallest absolute Gasteiger partial charge is 0.434 e. The van der Waals surface area contributed by atoms with Gasteiger partial charge in [-0.05, 0) is 38.1 Å². The van der Waals surface area contributed by atoms with Gasteiger partial charge in [0.15, 0.2) is 5.69 Å². The first kappa shape index (κ1) is 22.1. The zero-order chi connectivity index (χ0) is 23.8. The maximum absolute atomic E-state index is 14.1. The van der Waals surface area contributed by atoms with E-state index in [9.17, 15) is 22.8 Å². The molecule has 170 valence electrons. The summed E-state index contributed by atoms with van der Waals surface area (Å²) in [6.45, 7) is 3.58. The van der Waals surface area contributed by atoms with E-state index in [1.165, 1.54) is 48.8 Å². The molecule has 4 rings (SSSR count). The van der Waals surface area contributed by atoms with E-state index in [4.69, 9.17) is 4.74 Å². The molecule has 4 aromatic rings. The first-order valence-corrected chi connectivity index (χ1v) is 9.85. The van der Waals surface area contributed by atoms with Crippen LogP contribution in [-0.4, -0.2) is 31.8 Å². The van der Waals surface area contributed by atoms with Crippen molar-refractivity contribution in [2.75, 3.05) is 5.32 Å². The van der Waals surface area contributed by atoms with Gasteiger partial charge in [0.25, 0.3) is 11.5 Å². The van der Waals surface area contributed by atoms with Crippen LogP contribution in [-0.2, 0) is 6.18 Å². The molecular formula is C22H18F3N5O3. The number of aromatic nitrogens is 4. The molecule has 0 aliphatic heterocycles. The molecule has 1 aromatic carbocycles. The number of halogens is 3. The number of fused-ring (bicyclic) bond motifs is 1. The van der Waals surface area contributed by atoms with E-state index in [1.54, 1.807) is 13.8 Å². The van der Waals surface area contributed by atoms with Gasteiger partial charge in [-0.3, -0.25) is 9.59 Å². The molecule has 2 N–H and O–H groups in total. The fourth-order valence-electron chi connectivity index (χ4n) is 3.35. The SMILES string of the molecule is CC(C)Oc1cc(NC(=O)c2cnn(-c3cccc4c(=O)[nH]ccc34)c2C(F)(F)F)ccn1. The average Bonchev–Trinajstić information content (AvgIpc) is 3.19. The maximum Gasteiger partial charge on any atom is 0.434 e. The lowest BCUT2D eigenvalue weighted by Gasteiger charge is -2.14. The highest BCUT2D eigenvalue weighted by atomic mass is 19.4. The summed E-state index contributed by atoms with van der Waals surface area (Å²) in [5.74, 6) is -0.788. The molecule has 0 radical (unpaired) electrons. The molecule has 8 nitrogen and oxygen atoms in total. The van der Waals surface area contributed by atoms with Crippen LogP contribution in [0.4, 0.5) is 18.9 Å². The summed E-state index contributed by atoms with van der Waals surface area (Å²) >= 11 is 0. The highest BCUT2D eigenvalue weighted by Crippen LogP contribution is 2.35. The van der Waals surface area contributed by atoms with Crippen LogP contribution in [0.15, 0.2) is 59.8 Å². The summed E-state index contributed by atoms with van der Waals surface area (Å²) in [5, 5.41) is 6.72. The Morgan fingerprint density at radius 1 is 1.18 bits per heavy atom. The fourth-order valence-corrected chi connectivity index (χ4v) is 3.35. The first-order chi connectivity index (χ1) is 15.6. The van der Waals surface area contributed by atoms with Crippen molar-refractivity contribution in [3.8, 4) is 11.6 Å². The summed E-state index contributed by atoms with van der Waals surface area (Å²) in [6.07, 6.45) is -1.53. The van der Waals surface area contributed by atoms with Gasteiger partial charge in [0, 0.05) is 34.9 Å². The van der Waals surface area contributed by atoms with E-state index in [1.807, 2.05) is 0 Å². The van der Waals surface area contributed by atoms with Crippen LogP contribution in [0.3, 0.4) is 0 Å². The number of anilines is 1. The van der Waals surface area contributed by atoms with Gasteiger partial charge in [-0.15, -0.1) is 0 Å². The second-order valence-electron chi connectivity index (χ2n) is 7.37. The summed E-state index contributed by atoms with van der Waals surface area (Å²) < 4.78 is 48.3. The fraction of sp³-hybridized carbons (Fsp3) is 0.182. The van der Waals surface area contributed by atoms with Crippen LogP contribution in [0, 0.1) is 0 Å². The summed E-state index contributed by atoms with van der Waals surface area (Å²) in [5.41, 5.74) is -2.16. The Hall–Kier alpha value is -4.15. The zero-order valence-electron chi connectivity index (χ0n) is 17.5. The molecule has 0 aliphatic carbocycles. The molecule has 11 heteroatoms. The minimum atomic E-state index is -4.91. The number of pyridine rings is 2. The average molecular weight is 457 g/mol. The number of amides is 1. The van der Waals surface area contributed by atoms with Crippen LogP contribution >= 0.6 is 0 Å². The highest BCUT2D eigenvalue weighted by Gasteiger charge is 2.41. The molecule has 0 saturated heterocycles. The molecule has 0 unspecified atom stereocenters. The number of nitrogens with one attached hydrogen (secondary N) is 2. The lowest BCUT2D eigenvalue weighted by Crippen LogP contribution is -2.21. The van der Waals surface area contributed by atoms with Crippen LogP contribution < -0.4 is 15.6 Å². The predicted molar refractivity (Wildman–Crippen MR) is 115 cm³/mol. The van der Waals surface area contributed by atoms with Gasteiger partial charge in [-0.1, -0.05) is 6.07 Å². The molecule has 0 spiro atoms. The molecule has 1 amide bonds. The van der Waals surface area contributed by atoms with Crippen LogP contribution in [0.2, 0.25) is 0 Å². The third-order valence-electron chi connectivity index (χ3n) is 4.65. The highest BCUT2D eigenvalue weighted by molar-refractivity contribution is 6.05. The lowest BCUT2D eigenvalue weighted by molar-refractivity contribution is -0.143. The van der Waals surface area contributed by atoms with Crippen molar-refractivity contribution in [3.05, 3.63) is 76.6 Å². The molecule has 0 atom stereocenters. The number of nitrogens with zero attached hydrogens (tertiary/aromatic N) is 3. The molecule has 0 aliphatic rings. The van der Waals surface area contributed by atoms with Gasteiger partial charge in [0.1, 0.15) is 0 Å². The Labute approximate surface area is 185 Å². The van der Waals surface area contributed by atoms with E-state index >= 15 is 0 Å². The third kappa shape index (κ3) is 4.43. The van der Waals surface area contributed by atoms with Gasteiger partial charge in [-0.2, -0.15) is 18.3 Å². The van der Waals surface area contributed by atoms with Crippen LogP contribution in [0.5, 0.6) is 5.88 Å². The number of carbonyl (C=O) groups is 1. The second-order valence-corrected chi connectivity index (χ2v) is 7.37. The van der Waals surface area contributed by atoms with Gasteiger partial charge in [-0.25, -0.2) is 9.67 Å². The maximum atomic E-state index is 14.1. The predicted octanol–water partition coefficient (Wildman–Crippen LogP) is 4.17. The normalized spacial score (nSPS) is 11.7. The van der Waals surface area contributed by atoms with Crippen molar-refractivity contribution < 1.29 is 22.7 Å². The molecule has 0 saturated carbocycles. The molecule has 33 heavy (non-hydrogen) atoms. The van der Waals surface area contributed by atoms with E-state index < -0.39 is 28.9 Å². The number of H-pyrrole nitrogens is 1. The van der Waals surface area contributed by atoms with E-state index in [-0.39, 0.29) is 34.1 Å². The Morgan fingerprint density at radius 2 is 1.97 bits per heavy atom. The van der Waals surface area contributed by atoms with Crippen molar-refractivity contribution in [1.29, 1.82) is 0 Å². The molecule has 3 aromatic heterocycles. The molecule has 0 fully saturated rings. The van der Waals surface area contributed by atoms with E-state index in [0.717, 1.165) is 6.20 Å². The number of rotatable bonds is 5. The van der Waals surface area contributed by atoms with Crippen molar-refractivity contribution in [3.63, 3.8) is 0 Å². The molecular weight excluding hydrogens is 439 g/mol. The molecule has 0 bridgehead atoms. The topological polar surface area (TPSA) is 102 Å². The van der Waals surface area contributed by atoms with Crippen molar-refractivity contribution in [2.45, 2.75) is 26.1 Å². The van der Waals surface area contributed by atoms with Crippen LogP contribution in [0.25, 0.3) is 16.5 Å². The number of alkyl halides is 3. The number of aromatic amines is 1. The van der Waals surface area contributed by atoms with E-state index in [2.05, 4.69) is 20.4 Å². The quantitative estimate of drug-likeness (QED) is 0.469. The largest absolute Gasteiger partial charge is 0.475 e. The Bertz CT molecular complexity index is 1390. The van der Waals surface area contributed by atoms with Crippen molar-refractivity contribution >= 4 is 22.4 Å². The van der Waals surface area contributed by atoms with Gasteiger partial charge in [0.05, 0.1) is 23.6 Å². The van der Waals surface area contributed by atoms with Gasteiger partial charge >= 0.3 is 6.18 Å². The third-order valence-corrected chi connectivity index (χ3v) is 4.65. The zero-order valence-corrected chi connectivity index (χ0v) is 17.5. The van der Waals surface area contributed by atoms with Crippen LogP contribution in [0.1, 0.15) is 29.9 Å². The number of carbonyl (C=O) groups excluding carboxylic acids is 1. The lowest BCUT2D eigenvalue weighted by atomic mass is 10.1. The minimum absolute atomic E-state index is 0.0153. The summed E-state index contributed by atoms with van der Waals surface area (Å²) in [6, 6.07) is 8.64. The first-order valence-electron chi connectivity index (χ1n) is 9.85. The molecule has 3 heterocycles. The second kappa shape index (κ2) is 8.41. The number of benzene rings is 1. The Morgan fingerprint density at radius 3 is 2.70 bits per heavy atom. The standard InChI is InChI=1S/C22H18F3N5O3/c1-12(2)33-18-10-13(6-8-26-18)29-21(32)16-11-28-30(19(16)22(23,24)25)17-5-3-4-15-14(17)7-9-27-20(15)31/h3-12H,1-2H3,(H,27,31)(H,26,29,32). The summed E-state index contributed by atoms with van der Waals surface area (Å²) in [7, 11) is 0. The van der Waals surface area contributed by atoms with Crippen molar-refractivity contribution in [2.24, 2.45) is 0 Å². The van der Waals surface area contributed by atoms with Gasteiger partial charge < -0.3 is 15.0 Å². The number of hydrogen-bond acceptors (Lipinski definition) is 5. The summed E-state index contributed by atoms with van der Waals surface area (Å²) in [4.78, 5) is 31.3. The number of hydrogen-bond donors (Lipinski definition) is 2. The van der Waals surface area contributed by atoms with E-state index in [0.29, 0.717) is 4.68 Å². The van der Waals surface area contributed by atoms with Gasteiger partial charge in [0.2, 0.25) is 5.88 Å². The Kier molecular flexibility index (Phi) is 5.62. The van der Waals surface area contributed by atoms with Crippen molar-refractivity contribution in [1.82, 2.24) is 19.7 Å². The Balaban J connectivity index is 1.77. The monoisotopic (exact) mass is 457 g/mol. The number of ether oxygens (including phenoxy) is 1. The minimum Gasteiger partial charge on any atom is -0.475 e.